The molecular formula is C49H61N9O6. The molecule has 3 rings (SSSR count). The van der Waals surface area contributed by atoms with Gasteiger partial charge in [-0.2, -0.15) is 0 Å². The van der Waals surface area contributed by atoms with Crippen LogP contribution in [0.25, 0.3) is 10.8 Å². The second kappa shape index (κ2) is 34.2. The van der Waals surface area contributed by atoms with E-state index in [9.17, 15) is 14.8 Å². The zero-order valence-electron chi connectivity index (χ0n) is 35.1. The van der Waals surface area contributed by atoms with E-state index < -0.39 is 17.1 Å². The number of anilines is 1. The Balaban J connectivity index is -0.0000000957. The lowest BCUT2D eigenvalue weighted by Gasteiger charge is -2.17. The maximum atomic E-state index is 12.6. The van der Waals surface area contributed by atoms with Gasteiger partial charge in [-0.25, -0.2) is 4.98 Å². The van der Waals surface area contributed by atoms with E-state index in [-0.39, 0.29) is 33.8 Å². The van der Waals surface area contributed by atoms with Gasteiger partial charge in [0.05, 0.1) is 29.4 Å². The molecule has 0 saturated heterocycles. The molecular weight excluding hydrogens is 811 g/mol. The van der Waals surface area contributed by atoms with Gasteiger partial charge in [-0.15, -0.1) is 0 Å². The van der Waals surface area contributed by atoms with Crippen LogP contribution in [0.4, 0.5) is 5.82 Å². The fraction of sp³-hybridized carbons (Fsp3) is 0.204. The molecule has 15 heteroatoms. The number of nitrogens with zero attached hydrogens (tertiary/aromatic N) is 5. The third-order valence-electron chi connectivity index (χ3n) is 7.27. The quantitative estimate of drug-likeness (QED) is 0.0457. The molecule has 1 amide bonds. The zero-order chi connectivity index (χ0) is 47.0. The number of nitrogen functional groups attached to an aromatic ring is 1. The number of aromatic nitrogens is 1. The van der Waals surface area contributed by atoms with Crippen molar-refractivity contribution in [3.63, 3.8) is 0 Å². The third kappa shape index (κ3) is 24.3. The molecule has 8 N–H and O–H groups in total. The number of Topliss-reactive ketones (excluding diaryl/α,β-unsaturated/α-hetero) is 1. The Morgan fingerprint density at radius 2 is 1.33 bits per heavy atom. The number of carbonyl (C=O) groups excluding carboxylic acids is 2. The van der Waals surface area contributed by atoms with E-state index in [2.05, 4.69) is 167 Å². The maximum absolute atomic E-state index is 12.6. The second-order valence-electron chi connectivity index (χ2n) is 11.5. The predicted molar refractivity (Wildman–Crippen MR) is 265 cm³/mol. The molecule has 0 saturated carbocycles. The number of methoxy groups -OCH3 is 1. The highest BCUT2D eigenvalue weighted by Gasteiger charge is 2.20. The highest BCUT2D eigenvalue weighted by atomic mass is 17.2. The van der Waals surface area contributed by atoms with Crippen LogP contribution >= 0.6 is 0 Å². The van der Waals surface area contributed by atoms with Crippen LogP contribution in [0.2, 0.25) is 0 Å². The van der Waals surface area contributed by atoms with Crippen molar-refractivity contribution in [1.82, 2.24) is 10.3 Å². The maximum Gasteiger partial charge on any atom is 0.237 e. The average molecular weight is 872 g/mol. The molecule has 0 unspecified atom stereocenters. The van der Waals surface area contributed by atoms with Gasteiger partial charge in [0.1, 0.15) is 11.6 Å². The van der Waals surface area contributed by atoms with Crippen molar-refractivity contribution in [3.05, 3.63) is 71.1 Å². The summed E-state index contributed by atoms with van der Waals surface area (Å²) in [5, 5.41) is 28.6. The summed E-state index contributed by atoms with van der Waals surface area (Å²) in [4.78, 5) is 32.1. The molecule has 1 heterocycles. The number of carbonyl (C=O) groups is 2. The van der Waals surface area contributed by atoms with Crippen LogP contribution in [0.1, 0.15) is 60.4 Å². The van der Waals surface area contributed by atoms with Crippen molar-refractivity contribution in [2.75, 3.05) is 12.8 Å². The number of benzene rings is 2. The van der Waals surface area contributed by atoms with Crippen molar-refractivity contribution in [2.45, 2.75) is 58.5 Å². The van der Waals surface area contributed by atoms with E-state index in [1.165, 1.54) is 0 Å². The number of amides is 1. The number of nitrogens with two attached hydrogens (primary N) is 3. The standard InChI is InChI=1S/C25H30N4O3.C24H6.H3N5O3.11H2/c1-16(29-25(31)21(26)10-8-17-6-4-3-5-7-17)22(30)11-9-19-14-18-12-13-28-24(27)20(18)15-23(19)32-2;1-3-5-7-9-11-13-15-17-19-21-23-24-22-20-18-16-14-12-10-8-6-4-2;1-2-3-4-5(6)8-7;;;;;;;;;;;/h3-7,12-16,21H,8-11,26H2,1-2H3,(H2,27,28)(H,29,31);1-2H3;7H,(H2,1,3);11*1H/t16-,21+;;;;;;;;;;;;;/m0............./s1. The Labute approximate surface area is 389 Å². The number of fused-ring (bicyclic) bond motifs is 1. The summed E-state index contributed by atoms with van der Waals surface area (Å²) in [6, 6.07) is 14.3. The fourth-order valence-electron chi connectivity index (χ4n) is 4.39. The van der Waals surface area contributed by atoms with Crippen LogP contribution in [-0.4, -0.2) is 46.1 Å². The number of hydrogen-bond donors (Lipinski definition) is 5. The predicted octanol–water partition coefficient (Wildman–Crippen LogP) is 6.16. The van der Waals surface area contributed by atoms with Crippen LogP contribution in [-0.2, 0) is 27.4 Å². The van der Waals surface area contributed by atoms with Gasteiger partial charge in [0.15, 0.2) is 5.78 Å². The molecule has 1 aromatic heterocycles. The molecule has 0 bridgehead atoms. The smallest absolute Gasteiger partial charge is 0.237 e. The van der Waals surface area contributed by atoms with Crippen LogP contribution in [0.3, 0.4) is 0 Å². The summed E-state index contributed by atoms with van der Waals surface area (Å²) in [5.41, 5.74) is 14.0. The van der Waals surface area contributed by atoms with Crippen LogP contribution in [0.5, 0.6) is 5.75 Å². The number of ether oxygens (including phenoxy) is 1. The SMILES string of the molecule is CC#CC#CC#CC#CC#CC#CC#CC#CC#CC#CC#CC.COc1cc2c(N)nccc2cc1CCC(=O)[C@H](C)NC(=O)[C@H](N)CCc1ccccc1.NN=NN=[N+]([O-])OO.[HH].[HH].[HH].[HH].[HH].[HH].[HH].[HH].[HH].[HH].[HH]. The molecule has 0 radical (unpaired) electrons. The topological polar surface area (TPSA) is 239 Å². The Morgan fingerprint density at radius 3 is 1.78 bits per heavy atom. The molecule has 0 fully saturated rings. The molecule has 2 aromatic carbocycles. The Morgan fingerprint density at radius 1 is 0.828 bits per heavy atom. The lowest BCUT2D eigenvalue weighted by atomic mass is 10.00. The minimum absolute atomic E-state index is 0. The minimum atomic E-state index is -0.662. The molecule has 64 heavy (non-hydrogen) atoms. The average Bonchev–Trinajstić information content (AvgIpc) is 3.31. The number of aryl methyl sites for hydroxylation is 2. The molecule has 3 aromatic rings. The van der Waals surface area contributed by atoms with E-state index in [0.717, 1.165) is 21.9 Å². The van der Waals surface area contributed by atoms with E-state index in [4.69, 9.17) is 21.5 Å². The first kappa shape index (κ1) is 52.3. The number of pyridine rings is 1. The van der Waals surface area contributed by atoms with Crippen LogP contribution in [0.15, 0.2) is 70.4 Å². The van der Waals surface area contributed by atoms with E-state index in [0.29, 0.717) is 30.8 Å². The molecule has 338 valence electrons. The highest BCUT2D eigenvalue weighted by Crippen LogP contribution is 2.29. The Hall–Kier alpha value is -9.73. The summed E-state index contributed by atoms with van der Waals surface area (Å²) >= 11 is 0. The fourth-order valence-corrected chi connectivity index (χ4v) is 4.39. The summed E-state index contributed by atoms with van der Waals surface area (Å²) in [5.74, 6) is 60.7. The Bertz CT molecular complexity index is 2840. The minimum Gasteiger partial charge on any atom is -0.496 e. The second-order valence-corrected chi connectivity index (χ2v) is 11.5. The molecule has 15 nitrogen and oxygen atoms in total. The molecule has 0 aliphatic heterocycles. The van der Waals surface area contributed by atoms with Crippen molar-refractivity contribution in [2.24, 2.45) is 27.2 Å². The summed E-state index contributed by atoms with van der Waals surface area (Å²) in [7, 11) is 1.58. The highest BCUT2D eigenvalue weighted by molar-refractivity contribution is 5.93. The molecule has 0 spiro atoms. The first-order chi connectivity index (χ1) is 31.1. The monoisotopic (exact) mass is 871 g/mol. The van der Waals surface area contributed by atoms with Gasteiger partial charge in [0.25, 0.3) is 0 Å². The molecule has 0 aliphatic carbocycles. The van der Waals surface area contributed by atoms with Crippen molar-refractivity contribution < 1.29 is 45.3 Å². The largest absolute Gasteiger partial charge is 0.496 e. The van der Waals surface area contributed by atoms with Gasteiger partial charge in [-0.1, -0.05) is 42.2 Å². The van der Waals surface area contributed by atoms with E-state index >= 15 is 0 Å². The van der Waals surface area contributed by atoms with Crippen LogP contribution in [0, 0.1) is 135 Å². The third-order valence-corrected chi connectivity index (χ3v) is 7.27. The zero-order valence-corrected chi connectivity index (χ0v) is 35.1. The summed E-state index contributed by atoms with van der Waals surface area (Å²) < 4.78 is 5.48. The van der Waals surface area contributed by atoms with Crippen molar-refractivity contribution >= 4 is 28.3 Å². The lowest BCUT2D eigenvalue weighted by molar-refractivity contribution is -0.873. The van der Waals surface area contributed by atoms with Gasteiger partial charge in [0.2, 0.25) is 16.4 Å². The van der Waals surface area contributed by atoms with Gasteiger partial charge in [-0.05, 0) is 169 Å². The first-order valence-electron chi connectivity index (χ1n) is 18.4. The normalized spacial score (nSPS) is 9.44. The van der Waals surface area contributed by atoms with Gasteiger partial charge in [0, 0.05) is 57.4 Å². The van der Waals surface area contributed by atoms with Crippen molar-refractivity contribution in [3.8, 4) is 136 Å². The van der Waals surface area contributed by atoms with Crippen molar-refractivity contribution in [1.29, 1.82) is 0 Å². The first-order valence-corrected chi connectivity index (χ1v) is 18.4. The summed E-state index contributed by atoms with van der Waals surface area (Å²) in [6.45, 7) is 5.09. The van der Waals surface area contributed by atoms with Gasteiger partial charge < -0.3 is 31.7 Å². The number of hydrogen-bond acceptors (Lipinski definition) is 10. The number of rotatable bonds is 12. The molecule has 0 aliphatic rings. The van der Waals surface area contributed by atoms with Gasteiger partial charge >= 0.3 is 0 Å². The lowest BCUT2D eigenvalue weighted by Crippen LogP contribution is -2.47. The van der Waals surface area contributed by atoms with E-state index in [1.54, 1.807) is 34.1 Å². The van der Waals surface area contributed by atoms with Gasteiger partial charge in [-0.3, -0.25) is 20.7 Å². The van der Waals surface area contributed by atoms with E-state index in [1.807, 2.05) is 48.5 Å². The number of ketones is 1. The number of nitrogens with one attached hydrogen (secondary N) is 1. The molecule has 2 atom stereocenters. The summed E-state index contributed by atoms with van der Waals surface area (Å²) in [6.07, 6.45) is 3.63. The Kier molecular flexibility index (Phi) is 27.9. The van der Waals surface area contributed by atoms with Crippen LogP contribution < -0.4 is 27.4 Å².